The van der Waals surface area contributed by atoms with Crippen LogP contribution in [0.2, 0.25) is 0 Å². The van der Waals surface area contributed by atoms with Crippen LogP contribution in [0.1, 0.15) is 5.69 Å². The second-order valence-electron chi connectivity index (χ2n) is 4.89. The van der Waals surface area contributed by atoms with Crippen molar-refractivity contribution in [1.82, 2.24) is 9.97 Å². The molecule has 0 amide bonds. The number of rotatable bonds is 2. The van der Waals surface area contributed by atoms with Gasteiger partial charge in [-0.3, -0.25) is 4.98 Å². The van der Waals surface area contributed by atoms with Crippen LogP contribution in [0.4, 0.5) is 22.0 Å². The maximum Gasteiger partial charge on any atom is 0.459 e. The molecule has 0 saturated carbocycles. The topological polar surface area (TPSA) is 25.8 Å². The van der Waals surface area contributed by atoms with E-state index in [4.69, 9.17) is 0 Å². The third kappa shape index (κ3) is 2.62. The molecule has 0 aliphatic heterocycles. The van der Waals surface area contributed by atoms with E-state index in [1.54, 1.807) is 30.3 Å². The van der Waals surface area contributed by atoms with Crippen LogP contribution in [0.3, 0.4) is 0 Å². The normalized spacial score (nSPS) is 12.6. The van der Waals surface area contributed by atoms with Crippen molar-refractivity contribution < 1.29 is 22.0 Å². The van der Waals surface area contributed by atoms with Crippen LogP contribution in [-0.4, -0.2) is 16.1 Å². The van der Waals surface area contributed by atoms with E-state index < -0.39 is 17.8 Å². The standard InChI is InChI=1S/C16H9F5N2/c17-15(18,16(19,20)21)13-8-10-4-1-2-6-12(10)14(23-13)11-5-3-7-22-9-11/h1-9H. The van der Waals surface area contributed by atoms with Crippen LogP contribution >= 0.6 is 0 Å². The predicted octanol–water partition coefficient (Wildman–Crippen LogP) is 4.95. The van der Waals surface area contributed by atoms with E-state index in [1.807, 2.05) is 0 Å². The van der Waals surface area contributed by atoms with Crippen LogP contribution in [0.25, 0.3) is 22.0 Å². The maximum absolute atomic E-state index is 13.7. The van der Waals surface area contributed by atoms with Crippen molar-refractivity contribution in [2.75, 3.05) is 0 Å². The summed E-state index contributed by atoms with van der Waals surface area (Å²) >= 11 is 0. The number of hydrogen-bond acceptors (Lipinski definition) is 2. The highest BCUT2D eigenvalue weighted by atomic mass is 19.4. The first-order valence-electron chi connectivity index (χ1n) is 6.56. The van der Waals surface area contributed by atoms with E-state index in [-0.39, 0.29) is 11.1 Å². The first-order chi connectivity index (χ1) is 10.8. The summed E-state index contributed by atoms with van der Waals surface area (Å²) in [5.41, 5.74) is -0.929. The number of alkyl halides is 5. The van der Waals surface area contributed by atoms with Crippen LogP contribution < -0.4 is 0 Å². The van der Waals surface area contributed by atoms with E-state index >= 15 is 0 Å². The molecule has 0 N–H and O–H groups in total. The minimum absolute atomic E-state index is 0.0372. The third-order valence-electron chi connectivity index (χ3n) is 3.35. The van der Waals surface area contributed by atoms with Crippen molar-refractivity contribution in [2.45, 2.75) is 12.1 Å². The Morgan fingerprint density at radius 3 is 2.26 bits per heavy atom. The third-order valence-corrected chi connectivity index (χ3v) is 3.35. The van der Waals surface area contributed by atoms with Gasteiger partial charge in [0.2, 0.25) is 0 Å². The summed E-state index contributed by atoms with van der Waals surface area (Å²) in [6.07, 6.45) is -2.88. The van der Waals surface area contributed by atoms with E-state index in [1.165, 1.54) is 18.5 Å². The Bertz CT molecular complexity index is 844. The van der Waals surface area contributed by atoms with Crippen LogP contribution in [0.15, 0.2) is 54.9 Å². The molecule has 0 saturated heterocycles. The van der Waals surface area contributed by atoms with Gasteiger partial charge >= 0.3 is 12.1 Å². The van der Waals surface area contributed by atoms with Crippen molar-refractivity contribution in [3.63, 3.8) is 0 Å². The number of halogens is 5. The highest BCUT2D eigenvalue weighted by Crippen LogP contribution is 2.44. The summed E-state index contributed by atoms with van der Waals surface area (Å²) < 4.78 is 65.3. The van der Waals surface area contributed by atoms with Gasteiger partial charge in [-0.05, 0) is 23.6 Å². The Kier molecular flexibility index (Phi) is 3.50. The summed E-state index contributed by atoms with van der Waals surface area (Å²) in [6.45, 7) is 0. The molecule has 0 unspecified atom stereocenters. The van der Waals surface area contributed by atoms with Gasteiger partial charge in [0.1, 0.15) is 5.69 Å². The number of benzene rings is 1. The fraction of sp³-hybridized carbons (Fsp3) is 0.125. The lowest BCUT2D eigenvalue weighted by molar-refractivity contribution is -0.290. The van der Waals surface area contributed by atoms with E-state index in [0.29, 0.717) is 10.9 Å². The lowest BCUT2D eigenvalue weighted by Gasteiger charge is -2.20. The van der Waals surface area contributed by atoms with Gasteiger partial charge < -0.3 is 0 Å². The number of pyridine rings is 2. The summed E-state index contributed by atoms with van der Waals surface area (Å²) in [5.74, 6) is -5.03. The molecular weight excluding hydrogens is 315 g/mol. The van der Waals surface area contributed by atoms with E-state index in [0.717, 1.165) is 6.07 Å². The molecule has 7 heteroatoms. The largest absolute Gasteiger partial charge is 0.459 e. The van der Waals surface area contributed by atoms with Gasteiger partial charge in [0.25, 0.3) is 0 Å². The number of hydrogen-bond donors (Lipinski definition) is 0. The van der Waals surface area contributed by atoms with Crippen LogP contribution in [-0.2, 0) is 5.92 Å². The average molecular weight is 324 g/mol. The van der Waals surface area contributed by atoms with Gasteiger partial charge in [0.05, 0.1) is 5.69 Å². The van der Waals surface area contributed by atoms with Gasteiger partial charge in [-0.1, -0.05) is 24.3 Å². The average Bonchev–Trinajstić information content (AvgIpc) is 2.53. The first kappa shape index (κ1) is 15.3. The van der Waals surface area contributed by atoms with Gasteiger partial charge in [-0.15, -0.1) is 0 Å². The fourth-order valence-electron chi connectivity index (χ4n) is 2.23. The van der Waals surface area contributed by atoms with Crippen molar-refractivity contribution in [3.05, 3.63) is 60.6 Å². The van der Waals surface area contributed by atoms with Crippen molar-refractivity contribution in [3.8, 4) is 11.3 Å². The molecule has 0 bridgehead atoms. The Hall–Kier alpha value is -2.57. The lowest BCUT2D eigenvalue weighted by Crippen LogP contribution is -2.34. The molecular formula is C16H9F5N2. The molecule has 2 heterocycles. The summed E-state index contributed by atoms with van der Waals surface area (Å²) in [5, 5.41) is 0.725. The molecule has 3 aromatic rings. The fourth-order valence-corrected chi connectivity index (χ4v) is 2.23. The minimum Gasteiger partial charge on any atom is -0.264 e. The summed E-state index contributed by atoms with van der Waals surface area (Å²) in [6, 6.07) is 10.2. The second kappa shape index (κ2) is 5.26. The molecule has 0 atom stereocenters. The molecule has 1 aromatic carbocycles. The first-order valence-corrected chi connectivity index (χ1v) is 6.56. The minimum atomic E-state index is -5.71. The van der Waals surface area contributed by atoms with Gasteiger partial charge in [-0.25, -0.2) is 4.98 Å². The van der Waals surface area contributed by atoms with Gasteiger partial charge in [-0.2, -0.15) is 22.0 Å². The van der Waals surface area contributed by atoms with Crippen LogP contribution in [0.5, 0.6) is 0 Å². The molecule has 2 nitrogen and oxygen atoms in total. The molecule has 2 aromatic heterocycles. The smallest absolute Gasteiger partial charge is 0.264 e. The Labute approximate surface area is 127 Å². The molecule has 3 rings (SSSR count). The molecule has 0 aliphatic carbocycles. The van der Waals surface area contributed by atoms with E-state index in [9.17, 15) is 22.0 Å². The summed E-state index contributed by atoms with van der Waals surface area (Å²) in [7, 11) is 0. The molecule has 0 fully saturated rings. The van der Waals surface area contributed by atoms with Crippen molar-refractivity contribution >= 4 is 10.8 Å². The highest BCUT2D eigenvalue weighted by molar-refractivity contribution is 5.94. The number of aromatic nitrogens is 2. The monoisotopic (exact) mass is 324 g/mol. The molecule has 0 radical (unpaired) electrons. The number of nitrogens with zero attached hydrogens (tertiary/aromatic N) is 2. The van der Waals surface area contributed by atoms with E-state index in [2.05, 4.69) is 9.97 Å². The zero-order valence-corrected chi connectivity index (χ0v) is 11.5. The zero-order chi connectivity index (χ0) is 16.7. The SMILES string of the molecule is FC(F)(F)C(F)(F)c1cc2ccccc2c(-c2cccnc2)n1. The molecule has 118 valence electrons. The highest BCUT2D eigenvalue weighted by Gasteiger charge is 2.60. The Morgan fingerprint density at radius 1 is 0.870 bits per heavy atom. The molecule has 0 spiro atoms. The Morgan fingerprint density at radius 2 is 1.61 bits per heavy atom. The second-order valence-corrected chi connectivity index (χ2v) is 4.89. The maximum atomic E-state index is 13.7. The van der Waals surface area contributed by atoms with Crippen molar-refractivity contribution in [2.24, 2.45) is 0 Å². The predicted molar refractivity (Wildman–Crippen MR) is 74.9 cm³/mol. The van der Waals surface area contributed by atoms with Gasteiger partial charge in [0.15, 0.2) is 0 Å². The lowest BCUT2D eigenvalue weighted by atomic mass is 10.0. The number of fused-ring (bicyclic) bond motifs is 1. The van der Waals surface area contributed by atoms with Crippen molar-refractivity contribution in [1.29, 1.82) is 0 Å². The zero-order valence-electron chi connectivity index (χ0n) is 11.5. The molecule has 0 aliphatic rings. The van der Waals surface area contributed by atoms with Gasteiger partial charge in [0, 0.05) is 23.3 Å². The summed E-state index contributed by atoms with van der Waals surface area (Å²) in [4.78, 5) is 7.46. The van der Waals surface area contributed by atoms with Crippen LogP contribution in [0, 0.1) is 0 Å². The molecule has 23 heavy (non-hydrogen) atoms. The quantitative estimate of drug-likeness (QED) is 0.623. The Balaban J connectivity index is 2.31.